The van der Waals surface area contributed by atoms with Gasteiger partial charge in [0.25, 0.3) is 0 Å². The van der Waals surface area contributed by atoms with Crippen molar-refractivity contribution in [3.8, 4) is 0 Å². The summed E-state index contributed by atoms with van der Waals surface area (Å²) in [4.78, 5) is 0. The molecular formula is C20H16. The molecule has 0 radical (unpaired) electrons. The van der Waals surface area contributed by atoms with E-state index in [2.05, 4.69) is 78.9 Å². The van der Waals surface area contributed by atoms with E-state index in [1.165, 1.54) is 27.5 Å². The first-order valence-corrected chi connectivity index (χ1v) is 7.15. The molecule has 4 rings (SSSR count). The van der Waals surface area contributed by atoms with Gasteiger partial charge in [-0.15, -0.1) is 0 Å². The molecular weight excluding hydrogens is 240 g/mol. The van der Waals surface area contributed by atoms with Crippen LogP contribution in [0.15, 0.2) is 72.8 Å². The SMILES string of the molecule is C1=CC(Cc2ccccc2)c2c1ccc1ccccc21. The highest BCUT2D eigenvalue weighted by atomic mass is 14.2. The van der Waals surface area contributed by atoms with Crippen LogP contribution in [0, 0.1) is 0 Å². The Balaban J connectivity index is 1.80. The second-order valence-electron chi connectivity index (χ2n) is 5.44. The van der Waals surface area contributed by atoms with E-state index < -0.39 is 0 Å². The van der Waals surface area contributed by atoms with Crippen molar-refractivity contribution in [2.75, 3.05) is 0 Å². The molecule has 1 aliphatic carbocycles. The zero-order chi connectivity index (χ0) is 13.4. The Hall–Kier alpha value is -2.34. The zero-order valence-corrected chi connectivity index (χ0v) is 11.3. The average molecular weight is 256 g/mol. The average Bonchev–Trinajstić information content (AvgIpc) is 2.92. The van der Waals surface area contributed by atoms with E-state index in [-0.39, 0.29) is 0 Å². The summed E-state index contributed by atoms with van der Waals surface area (Å²) >= 11 is 0. The van der Waals surface area contributed by atoms with E-state index in [0.717, 1.165) is 6.42 Å². The van der Waals surface area contributed by atoms with E-state index in [4.69, 9.17) is 0 Å². The lowest BCUT2D eigenvalue weighted by Gasteiger charge is -2.14. The van der Waals surface area contributed by atoms with E-state index >= 15 is 0 Å². The highest BCUT2D eigenvalue weighted by molar-refractivity contribution is 5.91. The monoisotopic (exact) mass is 256 g/mol. The molecule has 96 valence electrons. The van der Waals surface area contributed by atoms with Gasteiger partial charge in [-0.1, -0.05) is 78.9 Å². The molecule has 0 nitrogen and oxygen atoms in total. The Labute approximate surface area is 119 Å². The summed E-state index contributed by atoms with van der Waals surface area (Å²) in [5, 5.41) is 2.74. The second kappa shape index (κ2) is 4.64. The van der Waals surface area contributed by atoms with Gasteiger partial charge in [0.1, 0.15) is 0 Å². The van der Waals surface area contributed by atoms with E-state index in [1.54, 1.807) is 0 Å². The lowest BCUT2D eigenvalue weighted by Crippen LogP contribution is -1.99. The van der Waals surface area contributed by atoms with Crippen LogP contribution in [0.3, 0.4) is 0 Å². The van der Waals surface area contributed by atoms with E-state index in [9.17, 15) is 0 Å². The van der Waals surface area contributed by atoms with Crippen LogP contribution in [0.5, 0.6) is 0 Å². The Bertz CT molecular complexity index is 782. The number of benzene rings is 3. The first-order chi connectivity index (χ1) is 9.92. The van der Waals surface area contributed by atoms with Crippen LogP contribution in [0.25, 0.3) is 16.8 Å². The molecule has 0 fully saturated rings. The van der Waals surface area contributed by atoms with Gasteiger partial charge >= 0.3 is 0 Å². The van der Waals surface area contributed by atoms with Crippen molar-refractivity contribution in [2.45, 2.75) is 12.3 Å². The normalized spacial score (nSPS) is 16.5. The summed E-state index contributed by atoms with van der Waals surface area (Å²) in [5.41, 5.74) is 4.28. The second-order valence-corrected chi connectivity index (χ2v) is 5.44. The largest absolute Gasteiger partial charge is 0.0760 e. The summed E-state index contributed by atoms with van der Waals surface area (Å²) in [5.74, 6) is 0.499. The molecule has 0 aliphatic heterocycles. The van der Waals surface area contributed by atoms with Crippen LogP contribution >= 0.6 is 0 Å². The topological polar surface area (TPSA) is 0 Å². The van der Waals surface area contributed by atoms with Crippen molar-refractivity contribution in [2.24, 2.45) is 0 Å². The number of rotatable bonds is 2. The molecule has 1 aliphatic rings. The first-order valence-electron chi connectivity index (χ1n) is 7.15. The molecule has 0 saturated heterocycles. The smallest absolute Gasteiger partial charge is 0.00738 e. The van der Waals surface area contributed by atoms with Gasteiger partial charge in [0, 0.05) is 5.92 Å². The summed E-state index contributed by atoms with van der Waals surface area (Å²) in [7, 11) is 0. The van der Waals surface area contributed by atoms with Crippen LogP contribution in [0.1, 0.15) is 22.6 Å². The van der Waals surface area contributed by atoms with Crippen molar-refractivity contribution in [1.82, 2.24) is 0 Å². The van der Waals surface area contributed by atoms with Crippen molar-refractivity contribution in [3.63, 3.8) is 0 Å². The zero-order valence-electron chi connectivity index (χ0n) is 11.3. The van der Waals surface area contributed by atoms with Crippen molar-refractivity contribution < 1.29 is 0 Å². The van der Waals surface area contributed by atoms with Gasteiger partial charge in [-0.3, -0.25) is 0 Å². The molecule has 0 amide bonds. The minimum absolute atomic E-state index is 0.499. The minimum atomic E-state index is 0.499. The van der Waals surface area contributed by atoms with Gasteiger partial charge in [-0.2, -0.15) is 0 Å². The Kier molecular flexibility index (Phi) is 2.67. The third-order valence-electron chi connectivity index (χ3n) is 4.18. The van der Waals surface area contributed by atoms with Crippen molar-refractivity contribution in [1.29, 1.82) is 0 Å². The summed E-state index contributed by atoms with van der Waals surface area (Å²) < 4.78 is 0. The van der Waals surface area contributed by atoms with Gasteiger partial charge in [0.15, 0.2) is 0 Å². The van der Waals surface area contributed by atoms with Crippen LogP contribution in [0.2, 0.25) is 0 Å². The van der Waals surface area contributed by atoms with Gasteiger partial charge in [0.2, 0.25) is 0 Å². The van der Waals surface area contributed by atoms with Crippen LogP contribution in [-0.2, 0) is 6.42 Å². The molecule has 3 aromatic carbocycles. The molecule has 0 bridgehead atoms. The summed E-state index contributed by atoms with van der Waals surface area (Å²) in [6, 6.07) is 23.9. The molecule has 0 saturated carbocycles. The fourth-order valence-corrected chi connectivity index (χ4v) is 3.23. The fraction of sp³-hybridized carbons (Fsp3) is 0.100. The summed E-state index contributed by atoms with van der Waals surface area (Å²) in [6.45, 7) is 0. The molecule has 0 aromatic heterocycles. The standard InChI is InChI=1S/C20H16/c1-2-6-15(7-3-1)14-18-13-12-17-11-10-16-8-4-5-9-19(16)20(17)18/h1-13,18H,14H2. The molecule has 0 N–H and O–H groups in total. The molecule has 1 unspecified atom stereocenters. The lowest BCUT2D eigenvalue weighted by molar-refractivity contribution is 0.858. The van der Waals surface area contributed by atoms with E-state index in [1.807, 2.05) is 0 Å². The molecule has 0 spiro atoms. The Morgan fingerprint density at radius 1 is 0.750 bits per heavy atom. The van der Waals surface area contributed by atoms with E-state index in [0.29, 0.717) is 5.92 Å². The first kappa shape index (κ1) is 11.5. The summed E-state index contributed by atoms with van der Waals surface area (Å²) in [6.07, 6.45) is 5.71. The Morgan fingerprint density at radius 2 is 1.55 bits per heavy atom. The van der Waals surface area contributed by atoms with Gasteiger partial charge in [-0.25, -0.2) is 0 Å². The third kappa shape index (κ3) is 1.85. The number of hydrogen-bond acceptors (Lipinski definition) is 0. The molecule has 0 heteroatoms. The van der Waals surface area contributed by atoms with Crippen molar-refractivity contribution in [3.05, 3.63) is 89.5 Å². The number of allylic oxidation sites excluding steroid dienone is 1. The van der Waals surface area contributed by atoms with Gasteiger partial charge in [-0.05, 0) is 33.9 Å². The number of hydrogen-bond donors (Lipinski definition) is 0. The predicted molar refractivity (Wildman–Crippen MR) is 85.9 cm³/mol. The van der Waals surface area contributed by atoms with Crippen LogP contribution in [0.4, 0.5) is 0 Å². The highest BCUT2D eigenvalue weighted by Gasteiger charge is 2.19. The van der Waals surface area contributed by atoms with Gasteiger partial charge in [0.05, 0.1) is 0 Å². The van der Waals surface area contributed by atoms with Crippen LogP contribution in [-0.4, -0.2) is 0 Å². The van der Waals surface area contributed by atoms with Crippen molar-refractivity contribution >= 4 is 16.8 Å². The highest BCUT2D eigenvalue weighted by Crippen LogP contribution is 2.37. The molecule has 3 aromatic rings. The molecule has 1 atom stereocenters. The molecule has 0 heterocycles. The quantitative estimate of drug-likeness (QED) is 0.591. The maximum absolute atomic E-state index is 2.35. The Morgan fingerprint density at radius 3 is 2.45 bits per heavy atom. The maximum Gasteiger partial charge on any atom is 0.00738 e. The maximum atomic E-state index is 2.35. The minimum Gasteiger partial charge on any atom is -0.0760 e. The lowest BCUT2D eigenvalue weighted by atomic mass is 9.90. The van der Waals surface area contributed by atoms with Gasteiger partial charge < -0.3 is 0 Å². The predicted octanol–water partition coefficient (Wildman–Crippen LogP) is 5.19. The van der Waals surface area contributed by atoms with Crippen LogP contribution < -0.4 is 0 Å². The molecule has 20 heavy (non-hydrogen) atoms. The fourth-order valence-electron chi connectivity index (χ4n) is 3.23. The third-order valence-corrected chi connectivity index (χ3v) is 4.18. The number of fused-ring (bicyclic) bond motifs is 3.